The first kappa shape index (κ1) is 8.45. The van der Waals surface area contributed by atoms with Gasteiger partial charge in [0.25, 0.3) is 0 Å². The smallest absolute Gasteiger partial charge is 0.328 e. The van der Waals surface area contributed by atoms with Crippen LogP contribution < -0.4 is 0 Å². The van der Waals surface area contributed by atoms with Crippen molar-refractivity contribution in [2.24, 2.45) is 0 Å². The number of nitrogens with zero attached hydrogens (tertiary/aromatic N) is 1. The molecule has 5 nitrogen and oxygen atoms in total. The quantitative estimate of drug-likeness (QED) is 0.473. The third kappa shape index (κ3) is 1.01. The fraction of sp³-hybridized carbons (Fsp3) is 0.833. The molecule has 0 aromatic heterocycles. The lowest BCUT2D eigenvalue weighted by Crippen LogP contribution is -2.52. The van der Waals surface area contributed by atoms with E-state index in [0.717, 1.165) is 0 Å². The lowest BCUT2D eigenvalue weighted by atomic mass is 9.97. The molecule has 11 heavy (non-hydrogen) atoms. The molecule has 5 heteroatoms. The highest BCUT2D eigenvalue weighted by molar-refractivity contribution is 5.79. The fourth-order valence-electron chi connectivity index (χ4n) is 1.18. The first-order chi connectivity index (χ1) is 4.99. The molecule has 1 fully saturated rings. The molecule has 64 valence electrons. The number of hydrogen-bond donors (Lipinski definition) is 3. The summed E-state index contributed by atoms with van der Waals surface area (Å²) in [5, 5.41) is 27.6. The standard InChI is InChI=1S/C6H11NO4/c1-6(5(9)10)4(8)2-3-7(6)11/h4,8,11H,2-3H2,1H3,(H,9,10). The van der Waals surface area contributed by atoms with Crippen molar-refractivity contribution in [3.05, 3.63) is 0 Å². The Balaban J connectivity index is 2.88. The predicted molar refractivity (Wildman–Crippen MR) is 35.2 cm³/mol. The number of aliphatic hydroxyl groups is 1. The van der Waals surface area contributed by atoms with Gasteiger partial charge in [0.2, 0.25) is 0 Å². The summed E-state index contributed by atoms with van der Waals surface area (Å²) in [5.74, 6) is -1.20. The summed E-state index contributed by atoms with van der Waals surface area (Å²) in [4.78, 5) is 10.6. The Labute approximate surface area is 63.8 Å². The molecule has 2 unspecified atom stereocenters. The second-order valence-corrected chi connectivity index (χ2v) is 2.88. The zero-order valence-corrected chi connectivity index (χ0v) is 6.19. The molecule has 0 saturated carbocycles. The zero-order valence-electron chi connectivity index (χ0n) is 6.19. The van der Waals surface area contributed by atoms with Gasteiger partial charge in [-0.15, -0.1) is 0 Å². The van der Waals surface area contributed by atoms with Gasteiger partial charge in [0.1, 0.15) is 0 Å². The summed E-state index contributed by atoms with van der Waals surface area (Å²) in [6, 6.07) is 0. The van der Waals surface area contributed by atoms with Crippen LogP contribution >= 0.6 is 0 Å². The zero-order chi connectivity index (χ0) is 8.65. The molecule has 1 heterocycles. The maximum absolute atomic E-state index is 10.6. The van der Waals surface area contributed by atoms with Crippen molar-refractivity contribution in [3.63, 3.8) is 0 Å². The third-order valence-electron chi connectivity index (χ3n) is 2.23. The van der Waals surface area contributed by atoms with Crippen molar-refractivity contribution in [2.75, 3.05) is 6.54 Å². The lowest BCUT2D eigenvalue weighted by molar-refractivity contribution is -0.191. The minimum atomic E-state index is -1.53. The molecule has 0 aliphatic carbocycles. The van der Waals surface area contributed by atoms with Crippen molar-refractivity contribution in [2.45, 2.75) is 25.0 Å². The van der Waals surface area contributed by atoms with E-state index in [1.807, 2.05) is 0 Å². The minimum absolute atomic E-state index is 0.198. The van der Waals surface area contributed by atoms with E-state index in [0.29, 0.717) is 11.5 Å². The molecular formula is C6H11NO4. The Morgan fingerprint density at radius 3 is 2.45 bits per heavy atom. The van der Waals surface area contributed by atoms with Crippen LogP contribution in [-0.4, -0.2) is 44.6 Å². The van der Waals surface area contributed by atoms with Gasteiger partial charge in [0.15, 0.2) is 5.54 Å². The molecular weight excluding hydrogens is 150 g/mol. The number of carbonyl (C=O) groups is 1. The molecule has 2 atom stereocenters. The highest BCUT2D eigenvalue weighted by atomic mass is 16.5. The second kappa shape index (κ2) is 2.44. The van der Waals surface area contributed by atoms with E-state index in [9.17, 15) is 9.90 Å². The topological polar surface area (TPSA) is 81.0 Å². The average molecular weight is 161 g/mol. The van der Waals surface area contributed by atoms with E-state index >= 15 is 0 Å². The third-order valence-corrected chi connectivity index (χ3v) is 2.23. The monoisotopic (exact) mass is 161 g/mol. The number of carboxylic acid groups (broad SMARTS) is 1. The van der Waals surface area contributed by atoms with Gasteiger partial charge < -0.3 is 15.4 Å². The Morgan fingerprint density at radius 1 is 1.73 bits per heavy atom. The number of aliphatic carboxylic acids is 1. The number of hydrogen-bond acceptors (Lipinski definition) is 4. The summed E-state index contributed by atoms with van der Waals surface area (Å²) in [6.45, 7) is 1.50. The predicted octanol–water partition coefficient (Wildman–Crippen LogP) is -0.715. The van der Waals surface area contributed by atoms with Crippen LogP contribution in [0.2, 0.25) is 0 Å². The van der Waals surface area contributed by atoms with Crippen LogP contribution in [0.5, 0.6) is 0 Å². The summed E-state index contributed by atoms with van der Waals surface area (Å²) in [6.07, 6.45) is -0.704. The van der Waals surface area contributed by atoms with Crippen LogP contribution in [-0.2, 0) is 4.79 Å². The lowest BCUT2D eigenvalue weighted by Gasteiger charge is -2.27. The average Bonchev–Trinajstić information content (AvgIpc) is 2.18. The Hall–Kier alpha value is -0.650. The molecule has 0 bridgehead atoms. The van der Waals surface area contributed by atoms with Crippen LogP contribution in [0.15, 0.2) is 0 Å². The van der Waals surface area contributed by atoms with E-state index in [2.05, 4.69) is 0 Å². The number of rotatable bonds is 1. The molecule has 0 spiro atoms. The van der Waals surface area contributed by atoms with Crippen LogP contribution in [0.3, 0.4) is 0 Å². The summed E-state index contributed by atoms with van der Waals surface area (Å²) in [5.41, 5.74) is -1.53. The highest BCUT2D eigenvalue weighted by Gasteiger charge is 2.50. The summed E-state index contributed by atoms with van der Waals surface area (Å²) < 4.78 is 0. The molecule has 1 rings (SSSR count). The van der Waals surface area contributed by atoms with Gasteiger partial charge in [-0.1, -0.05) is 0 Å². The normalized spacial score (nSPS) is 39.4. The van der Waals surface area contributed by atoms with Crippen molar-refractivity contribution in [1.82, 2.24) is 5.06 Å². The minimum Gasteiger partial charge on any atom is -0.480 e. The summed E-state index contributed by atoms with van der Waals surface area (Å²) >= 11 is 0. The van der Waals surface area contributed by atoms with Gasteiger partial charge in [0.05, 0.1) is 6.10 Å². The van der Waals surface area contributed by atoms with Crippen molar-refractivity contribution in [1.29, 1.82) is 0 Å². The van der Waals surface area contributed by atoms with E-state index in [1.54, 1.807) is 0 Å². The number of aliphatic hydroxyl groups excluding tert-OH is 1. The first-order valence-electron chi connectivity index (χ1n) is 3.37. The number of hydroxylamine groups is 2. The molecule has 0 amide bonds. The largest absolute Gasteiger partial charge is 0.480 e. The Bertz CT molecular complexity index is 171. The molecule has 0 radical (unpaired) electrons. The molecule has 0 aromatic rings. The molecule has 1 aliphatic rings. The van der Waals surface area contributed by atoms with Crippen molar-refractivity contribution in [3.8, 4) is 0 Å². The van der Waals surface area contributed by atoms with Crippen LogP contribution in [0.4, 0.5) is 0 Å². The molecule has 0 aromatic carbocycles. The molecule has 1 saturated heterocycles. The number of carboxylic acids is 1. The van der Waals surface area contributed by atoms with Crippen molar-refractivity contribution >= 4 is 5.97 Å². The molecule has 1 aliphatic heterocycles. The summed E-state index contributed by atoms with van der Waals surface area (Å²) in [7, 11) is 0. The van der Waals surface area contributed by atoms with Crippen LogP contribution in [0, 0.1) is 0 Å². The van der Waals surface area contributed by atoms with E-state index in [1.165, 1.54) is 6.92 Å². The van der Waals surface area contributed by atoms with E-state index < -0.39 is 17.6 Å². The fourth-order valence-corrected chi connectivity index (χ4v) is 1.18. The van der Waals surface area contributed by atoms with E-state index in [4.69, 9.17) is 10.3 Å². The maximum Gasteiger partial charge on any atom is 0.328 e. The van der Waals surface area contributed by atoms with Gasteiger partial charge in [-0.25, -0.2) is 0 Å². The van der Waals surface area contributed by atoms with Gasteiger partial charge in [-0.3, -0.25) is 4.79 Å². The first-order valence-corrected chi connectivity index (χ1v) is 3.37. The Morgan fingerprint density at radius 2 is 2.27 bits per heavy atom. The van der Waals surface area contributed by atoms with Crippen LogP contribution in [0.25, 0.3) is 0 Å². The molecule has 3 N–H and O–H groups in total. The SMILES string of the molecule is CC1(C(=O)O)C(O)CCN1O. The van der Waals surface area contributed by atoms with Crippen molar-refractivity contribution < 1.29 is 20.2 Å². The Kier molecular flexibility index (Phi) is 1.87. The van der Waals surface area contributed by atoms with Gasteiger partial charge >= 0.3 is 5.97 Å². The highest BCUT2D eigenvalue weighted by Crippen LogP contribution is 2.27. The van der Waals surface area contributed by atoms with Gasteiger partial charge in [-0.05, 0) is 13.3 Å². The second-order valence-electron chi connectivity index (χ2n) is 2.88. The maximum atomic E-state index is 10.6. The van der Waals surface area contributed by atoms with E-state index in [-0.39, 0.29) is 6.54 Å². The van der Waals surface area contributed by atoms with Gasteiger partial charge in [-0.2, -0.15) is 5.06 Å². The van der Waals surface area contributed by atoms with Gasteiger partial charge in [0, 0.05) is 6.54 Å². The van der Waals surface area contributed by atoms with Crippen LogP contribution in [0.1, 0.15) is 13.3 Å².